The van der Waals surface area contributed by atoms with E-state index in [0.29, 0.717) is 6.42 Å². The molecule has 3 aromatic rings. The summed E-state index contributed by atoms with van der Waals surface area (Å²) in [6.45, 7) is 0. The lowest BCUT2D eigenvalue weighted by molar-refractivity contribution is 0.178. The van der Waals surface area contributed by atoms with Crippen LogP contribution < -0.4 is 0 Å². The van der Waals surface area contributed by atoms with Crippen LogP contribution in [0.5, 0.6) is 0 Å². The Balaban J connectivity index is 1.77. The molecule has 0 aliphatic heterocycles. The molecule has 1 heterocycles. The first-order valence-electron chi connectivity index (χ1n) is 6.65. The summed E-state index contributed by atoms with van der Waals surface area (Å²) in [4.78, 5) is 0. The van der Waals surface area contributed by atoms with Crippen LogP contribution in [0.15, 0.2) is 73.1 Å². The van der Waals surface area contributed by atoms with Gasteiger partial charge in [-0.1, -0.05) is 48.5 Å². The Morgan fingerprint density at radius 1 is 0.950 bits per heavy atom. The fraction of sp³-hybridized carbons (Fsp3) is 0.118. The molecule has 0 saturated heterocycles. The second kappa shape index (κ2) is 5.72. The molecule has 0 amide bonds. The number of hydrogen-bond acceptors (Lipinski definition) is 2. The number of nitrogens with zero attached hydrogens (tertiary/aromatic N) is 2. The van der Waals surface area contributed by atoms with Crippen molar-refractivity contribution >= 4 is 0 Å². The van der Waals surface area contributed by atoms with Crippen LogP contribution >= 0.6 is 0 Å². The third-order valence-electron chi connectivity index (χ3n) is 3.28. The molecule has 1 N–H and O–H groups in total. The number of hydrogen-bond donors (Lipinski definition) is 1. The lowest BCUT2D eigenvalue weighted by atomic mass is 10.0. The summed E-state index contributed by atoms with van der Waals surface area (Å²) in [6.07, 6.45) is 3.67. The van der Waals surface area contributed by atoms with Gasteiger partial charge in [-0.05, 0) is 17.7 Å². The van der Waals surface area contributed by atoms with Gasteiger partial charge in [0.2, 0.25) is 0 Å². The maximum Gasteiger partial charge on any atom is 0.0860 e. The summed E-state index contributed by atoms with van der Waals surface area (Å²) in [7, 11) is 0. The minimum absolute atomic E-state index is 0.533. The predicted molar refractivity (Wildman–Crippen MR) is 78.7 cm³/mol. The largest absolute Gasteiger partial charge is 0.388 e. The van der Waals surface area contributed by atoms with Crippen molar-refractivity contribution in [3.63, 3.8) is 0 Å². The van der Waals surface area contributed by atoms with Crippen molar-refractivity contribution in [2.45, 2.75) is 12.5 Å². The summed E-state index contributed by atoms with van der Waals surface area (Å²) in [6, 6.07) is 19.9. The lowest BCUT2D eigenvalue weighted by Crippen LogP contribution is -2.00. The van der Waals surface area contributed by atoms with Gasteiger partial charge in [-0.25, -0.2) is 4.68 Å². The Bertz CT molecular complexity index is 662. The van der Waals surface area contributed by atoms with E-state index in [1.54, 1.807) is 10.9 Å². The average molecular weight is 264 g/mol. The highest BCUT2D eigenvalue weighted by Crippen LogP contribution is 2.19. The van der Waals surface area contributed by atoms with Crippen LogP contribution in [-0.4, -0.2) is 14.9 Å². The summed E-state index contributed by atoms with van der Waals surface area (Å²) in [5.41, 5.74) is 2.94. The van der Waals surface area contributed by atoms with Crippen molar-refractivity contribution in [2.24, 2.45) is 0 Å². The Morgan fingerprint density at radius 3 is 2.30 bits per heavy atom. The van der Waals surface area contributed by atoms with E-state index in [0.717, 1.165) is 16.8 Å². The van der Waals surface area contributed by atoms with Gasteiger partial charge in [-0.15, -0.1) is 0 Å². The number of aliphatic hydroxyl groups excluding tert-OH is 1. The maximum absolute atomic E-state index is 10.3. The minimum atomic E-state index is -0.533. The summed E-state index contributed by atoms with van der Waals surface area (Å²) in [5.74, 6) is 0. The van der Waals surface area contributed by atoms with Crippen molar-refractivity contribution in [3.05, 3.63) is 84.2 Å². The van der Waals surface area contributed by atoms with Crippen LogP contribution in [-0.2, 0) is 6.42 Å². The summed E-state index contributed by atoms with van der Waals surface area (Å²) < 4.78 is 1.78. The molecule has 0 aliphatic rings. The first kappa shape index (κ1) is 12.6. The van der Waals surface area contributed by atoms with Gasteiger partial charge in [0.15, 0.2) is 0 Å². The number of aromatic nitrogens is 2. The number of benzene rings is 2. The van der Waals surface area contributed by atoms with Gasteiger partial charge < -0.3 is 5.11 Å². The molecule has 0 radical (unpaired) electrons. The first-order valence-corrected chi connectivity index (χ1v) is 6.65. The number of aliphatic hydroxyl groups is 1. The van der Waals surface area contributed by atoms with Gasteiger partial charge >= 0.3 is 0 Å². The Kier molecular flexibility index (Phi) is 3.61. The van der Waals surface area contributed by atoms with Crippen LogP contribution in [0.1, 0.15) is 17.2 Å². The van der Waals surface area contributed by atoms with Crippen molar-refractivity contribution < 1.29 is 5.11 Å². The molecule has 3 rings (SSSR count). The Morgan fingerprint density at radius 2 is 1.60 bits per heavy atom. The van der Waals surface area contributed by atoms with E-state index in [1.165, 1.54) is 0 Å². The van der Waals surface area contributed by atoms with E-state index in [2.05, 4.69) is 5.10 Å². The zero-order chi connectivity index (χ0) is 13.8. The molecule has 0 spiro atoms. The highest BCUT2D eigenvalue weighted by atomic mass is 16.3. The van der Waals surface area contributed by atoms with Gasteiger partial charge in [0.25, 0.3) is 0 Å². The Labute approximate surface area is 118 Å². The van der Waals surface area contributed by atoms with E-state index in [1.807, 2.05) is 66.9 Å². The standard InChI is InChI=1S/C17H16N2O/c20-17(11-14-7-3-1-4-8-14)15-12-18-19(13-15)16-9-5-2-6-10-16/h1-10,12-13,17,20H,11H2. The Hall–Kier alpha value is -2.39. The summed E-state index contributed by atoms with van der Waals surface area (Å²) in [5, 5.41) is 14.6. The maximum atomic E-state index is 10.3. The van der Waals surface area contributed by atoms with E-state index in [4.69, 9.17) is 0 Å². The topological polar surface area (TPSA) is 38.1 Å². The highest BCUT2D eigenvalue weighted by Gasteiger charge is 2.11. The third-order valence-corrected chi connectivity index (χ3v) is 3.28. The zero-order valence-electron chi connectivity index (χ0n) is 11.1. The van der Waals surface area contributed by atoms with Gasteiger partial charge in [-0.2, -0.15) is 5.10 Å². The normalized spacial score (nSPS) is 12.2. The van der Waals surface area contributed by atoms with Gasteiger partial charge in [0.05, 0.1) is 18.0 Å². The summed E-state index contributed by atoms with van der Waals surface area (Å²) >= 11 is 0. The quantitative estimate of drug-likeness (QED) is 0.786. The molecule has 100 valence electrons. The van der Waals surface area contributed by atoms with Crippen LogP contribution in [0.25, 0.3) is 5.69 Å². The molecule has 0 bridgehead atoms. The molecular formula is C17H16N2O. The minimum Gasteiger partial charge on any atom is -0.388 e. The van der Waals surface area contributed by atoms with Crippen molar-refractivity contribution in [3.8, 4) is 5.69 Å². The van der Waals surface area contributed by atoms with Gasteiger partial charge in [-0.3, -0.25) is 0 Å². The zero-order valence-corrected chi connectivity index (χ0v) is 11.1. The monoisotopic (exact) mass is 264 g/mol. The molecule has 20 heavy (non-hydrogen) atoms. The molecule has 0 saturated carbocycles. The molecule has 3 nitrogen and oxygen atoms in total. The molecule has 1 atom stereocenters. The highest BCUT2D eigenvalue weighted by molar-refractivity contribution is 5.31. The number of para-hydroxylation sites is 1. The first-order chi connectivity index (χ1) is 9.83. The average Bonchev–Trinajstić information content (AvgIpc) is 2.99. The van der Waals surface area contributed by atoms with Crippen LogP contribution in [0.4, 0.5) is 0 Å². The van der Waals surface area contributed by atoms with E-state index in [-0.39, 0.29) is 0 Å². The predicted octanol–water partition coefficient (Wildman–Crippen LogP) is 3.15. The molecule has 0 aliphatic carbocycles. The van der Waals surface area contributed by atoms with Crippen molar-refractivity contribution in [1.82, 2.24) is 9.78 Å². The molecular weight excluding hydrogens is 248 g/mol. The second-order valence-electron chi connectivity index (χ2n) is 4.76. The van der Waals surface area contributed by atoms with Crippen LogP contribution in [0.2, 0.25) is 0 Å². The molecule has 3 heteroatoms. The van der Waals surface area contributed by atoms with Crippen LogP contribution in [0, 0.1) is 0 Å². The lowest BCUT2D eigenvalue weighted by Gasteiger charge is -2.08. The molecule has 1 aromatic heterocycles. The molecule has 0 fully saturated rings. The van der Waals surface area contributed by atoms with E-state index >= 15 is 0 Å². The number of rotatable bonds is 4. The van der Waals surface area contributed by atoms with Crippen molar-refractivity contribution in [1.29, 1.82) is 0 Å². The van der Waals surface area contributed by atoms with E-state index < -0.39 is 6.10 Å². The molecule has 2 aromatic carbocycles. The fourth-order valence-electron chi connectivity index (χ4n) is 2.19. The van der Waals surface area contributed by atoms with Gasteiger partial charge in [0.1, 0.15) is 0 Å². The SMILES string of the molecule is OC(Cc1ccccc1)c1cnn(-c2ccccc2)c1. The molecule has 1 unspecified atom stereocenters. The van der Waals surface area contributed by atoms with Gasteiger partial charge in [0, 0.05) is 18.2 Å². The fourth-order valence-corrected chi connectivity index (χ4v) is 2.19. The smallest absolute Gasteiger partial charge is 0.0860 e. The second-order valence-corrected chi connectivity index (χ2v) is 4.76. The van der Waals surface area contributed by atoms with Crippen molar-refractivity contribution in [2.75, 3.05) is 0 Å². The van der Waals surface area contributed by atoms with E-state index in [9.17, 15) is 5.11 Å². The van der Waals surface area contributed by atoms with Crippen LogP contribution in [0.3, 0.4) is 0 Å². The third kappa shape index (κ3) is 2.78.